The minimum atomic E-state index is -0.587. The standard InChI is InChI=1S/C6H7N5O/c1-11(2)5-4(10-7)6(12)9-3-8-5/h3H,1-2H3. The van der Waals surface area contributed by atoms with E-state index in [4.69, 9.17) is 5.39 Å². The maximum Gasteiger partial charge on any atom is 0.437 e. The third kappa shape index (κ3) is 1.25. The first-order valence-electron chi connectivity index (χ1n) is 3.21. The Hall–Kier alpha value is -1.90. The molecule has 0 aliphatic heterocycles. The van der Waals surface area contributed by atoms with Crippen LogP contribution in [0.15, 0.2) is 6.33 Å². The van der Waals surface area contributed by atoms with Crippen molar-refractivity contribution in [3.05, 3.63) is 11.3 Å². The minimum absolute atomic E-state index is 0.137. The van der Waals surface area contributed by atoms with E-state index in [2.05, 4.69) is 14.9 Å². The Morgan fingerprint density at radius 2 is 2.17 bits per heavy atom. The summed E-state index contributed by atoms with van der Waals surface area (Å²) in [6.07, 6.45) is 1.13. The molecule has 0 saturated carbocycles. The van der Waals surface area contributed by atoms with Crippen molar-refractivity contribution in [2.75, 3.05) is 19.0 Å². The number of rotatable bonds is 1. The van der Waals surface area contributed by atoms with Gasteiger partial charge in [0.1, 0.15) is 6.33 Å². The first-order valence-corrected chi connectivity index (χ1v) is 3.21. The second kappa shape index (κ2) is 3.00. The van der Waals surface area contributed by atoms with Gasteiger partial charge in [-0.3, -0.25) is 0 Å². The largest absolute Gasteiger partial charge is 0.853 e. The fraction of sp³-hybridized carbons (Fsp3) is 0.333. The zero-order valence-corrected chi connectivity index (χ0v) is 6.72. The molecule has 0 radical (unpaired) electrons. The van der Waals surface area contributed by atoms with Crippen LogP contribution in [0.25, 0.3) is 4.98 Å². The molecule has 0 aromatic carbocycles. The SMILES string of the molecule is CN(C)c1ncnc([O-])c1[N+]#N. The number of nitrogens with zero attached hydrogens (tertiary/aromatic N) is 5. The maximum atomic E-state index is 10.9. The number of hydrogen-bond acceptors (Lipinski definition) is 5. The molecule has 12 heavy (non-hydrogen) atoms. The van der Waals surface area contributed by atoms with E-state index in [-0.39, 0.29) is 5.69 Å². The maximum absolute atomic E-state index is 10.9. The first kappa shape index (κ1) is 8.20. The molecule has 0 saturated heterocycles. The van der Waals surface area contributed by atoms with Crippen LogP contribution in [0, 0.1) is 5.39 Å². The lowest BCUT2D eigenvalue weighted by Gasteiger charge is -2.09. The van der Waals surface area contributed by atoms with Crippen molar-refractivity contribution >= 4 is 11.5 Å². The van der Waals surface area contributed by atoms with E-state index in [1.807, 2.05) is 0 Å². The highest BCUT2D eigenvalue weighted by atomic mass is 16.3. The monoisotopic (exact) mass is 165 g/mol. The number of diazo groups is 1. The zero-order chi connectivity index (χ0) is 9.14. The van der Waals surface area contributed by atoms with Gasteiger partial charge in [0.15, 0.2) is 4.98 Å². The summed E-state index contributed by atoms with van der Waals surface area (Å²) in [5.74, 6) is -0.284. The first-order chi connectivity index (χ1) is 5.66. The molecule has 0 amide bonds. The Morgan fingerprint density at radius 1 is 1.50 bits per heavy atom. The third-order valence-corrected chi connectivity index (χ3v) is 1.29. The quantitative estimate of drug-likeness (QED) is 0.551. The summed E-state index contributed by atoms with van der Waals surface area (Å²) in [7, 11) is 3.38. The van der Waals surface area contributed by atoms with Crippen molar-refractivity contribution in [3.8, 4) is 5.88 Å². The van der Waals surface area contributed by atoms with E-state index >= 15 is 0 Å². The van der Waals surface area contributed by atoms with E-state index in [0.29, 0.717) is 5.82 Å². The molecule has 0 unspecified atom stereocenters. The lowest BCUT2D eigenvalue weighted by molar-refractivity contribution is -0.273. The molecule has 1 rings (SSSR count). The van der Waals surface area contributed by atoms with Crippen LogP contribution in [-0.2, 0) is 0 Å². The van der Waals surface area contributed by atoms with Crippen LogP contribution in [-0.4, -0.2) is 24.1 Å². The molecule has 0 atom stereocenters. The molecule has 0 spiro atoms. The fourth-order valence-electron chi connectivity index (χ4n) is 0.769. The average molecular weight is 165 g/mol. The highest BCUT2D eigenvalue weighted by Crippen LogP contribution is 2.29. The van der Waals surface area contributed by atoms with E-state index in [1.165, 1.54) is 0 Å². The molecule has 62 valence electrons. The predicted molar refractivity (Wildman–Crippen MR) is 40.5 cm³/mol. The van der Waals surface area contributed by atoms with Gasteiger partial charge in [-0.15, -0.1) is 0 Å². The van der Waals surface area contributed by atoms with Crippen molar-refractivity contribution in [3.63, 3.8) is 0 Å². The highest BCUT2D eigenvalue weighted by molar-refractivity contribution is 5.69. The molecule has 0 N–H and O–H groups in total. The lowest BCUT2D eigenvalue weighted by Crippen LogP contribution is -2.11. The fourth-order valence-corrected chi connectivity index (χ4v) is 0.769. The van der Waals surface area contributed by atoms with Crippen LogP contribution in [0.2, 0.25) is 0 Å². The van der Waals surface area contributed by atoms with Gasteiger partial charge in [0.25, 0.3) is 0 Å². The number of hydrogen-bond donors (Lipinski definition) is 0. The van der Waals surface area contributed by atoms with Crippen molar-refractivity contribution < 1.29 is 5.11 Å². The highest BCUT2D eigenvalue weighted by Gasteiger charge is 2.18. The Bertz CT molecular complexity index is 329. The van der Waals surface area contributed by atoms with Crippen LogP contribution in [0.5, 0.6) is 5.88 Å². The van der Waals surface area contributed by atoms with E-state index in [9.17, 15) is 5.11 Å². The van der Waals surface area contributed by atoms with Gasteiger partial charge < -0.3 is 10.0 Å². The minimum Gasteiger partial charge on any atom is -0.853 e. The van der Waals surface area contributed by atoms with Crippen molar-refractivity contribution in [1.29, 1.82) is 5.39 Å². The van der Waals surface area contributed by atoms with Crippen molar-refractivity contribution in [2.24, 2.45) is 0 Å². The van der Waals surface area contributed by atoms with Crippen molar-refractivity contribution in [2.45, 2.75) is 0 Å². The van der Waals surface area contributed by atoms with Gasteiger partial charge in [0.05, 0.1) is 5.88 Å². The Morgan fingerprint density at radius 3 is 2.58 bits per heavy atom. The van der Waals surface area contributed by atoms with E-state index < -0.39 is 5.88 Å². The van der Waals surface area contributed by atoms with Crippen LogP contribution in [0.3, 0.4) is 0 Å². The van der Waals surface area contributed by atoms with Gasteiger partial charge in [-0.1, -0.05) is 0 Å². The Kier molecular flexibility index (Phi) is 2.05. The predicted octanol–water partition coefficient (Wildman–Crippen LogP) is 0.101. The summed E-state index contributed by atoms with van der Waals surface area (Å²) < 4.78 is 0. The van der Waals surface area contributed by atoms with Gasteiger partial charge in [-0.25, -0.2) is 9.97 Å². The summed E-state index contributed by atoms with van der Waals surface area (Å²) in [6, 6.07) is 0. The van der Waals surface area contributed by atoms with Crippen LogP contribution in [0.4, 0.5) is 11.5 Å². The molecular weight excluding hydrogens is 158 g/mol. The normalized spacial score (nSPS) is 9.08. The summed E-state index contributed by atoms with van der Waals surface area (Å²) in [4.78, 5) is 11.5. The van der Waals surface area contributed by atoms with Gasteiger partial charge in [-0.05, 0) is 0 Å². The second-order valence-electron chi connectivity index (χ2n) is 2.35. The molecule has 0 fully saturated rings. The summed E-state index contributed by atoms with van der Waals surface area (Å²) >= 11 is 0. The Balaban J connectivity index is 3.30. The smallest absolute Gasteiger partial charge is 0.437 e. The molecule has 6 nitrogen and oxygen atoms in total. The lowest BCUT2D eigenvalue weighted by atomic mass is 10.4. The summed E-state index contributed by atoms with van der Waals surface area (Å²) in [5, 5.41) is 19.4. The van der Waals surface area contributed by atoms with Gasteiger partial charge >= 0.3 is 5.69 Å². The van der Waals surface area contributed by atoms with Gasteiger partial charge in [0, 0.05) is 14.1 Å². The molecule has 0 aliphatic carbocycles. The van der Waals surface area contributed by atoms with Gasteiger partial charge in [0.2, 0.25) is 11.2 Å². The van der Waals surface area contributed by atoms with Crippen molar-refractivity contribution in [1.82, 2.24) is 9.97 Å². The summed E-state index contributed by atoms with van der Waals surface area (Å²) in [6.45, 7) is 0. The summed E-state index contributed by atoms with van der Waals surface area (Å²) in [5.41, 5.74) is -0.137. The second-order valence-corrected chi connectivity index (χ2v) is 2.35. The molecule has 1 aromatic rings. The van der Waals surface area contributed by atoms with E-state index in [0.717, 1.165) is 6.33 Å². The molecular formula is C6H7N5O. The molecule has 0 aliphatic rings. The third-order valence-electron chi connectivity index (χ3n) is 1.29. The van der Waals surface area contributed by atoms with Crippen LogP contribution >= 0.6 is 0 Å². The van der Waals surface area contributed by atoms with Crippen LogP contribution < -0.4 is 10.0 Å². The molecule has 0 bridgehead atoms. The Labute approximate surface area is 69.1 Å². The zero-order valence-electron chi connectivity index (χ0n) is 6.72. The average Bonchev–Trinajstić information content (AvgIpc) is 2.03. The van der Waals surface area contributed by atoms with Crippen LogP contribution in [0.1, 0.15) is 0 Å². The molecule has 6 heteroatoms. The topological polar surface area (TPSA) is 80.2 Å². The van der Waals surface area contributed by atoms with E-state index in [1.54, 1.807) is 19.0 Å². The number of anilines is 1. The van der Waals surface area contributed by atoms with Gasteiger partial charge in [-0.2, -0.15) is 0 Å². The number of aromatic nitrogens is 2. The molecule has 1 aromatic heterocycles. The molecule has 1 heterocycles.